The summed E-state index contributed by atoms with van der Waals surface area (Å²) in [4.78, 5) is 2.87. The number of nitrogens with zero attached hydrogens (tertiary/aromatic N) is 2. The quantitative estimate of drug-likeness (QED) is 0.646. The third kappa shape index (κ3) is 4.76. The molecule has 0 aliphatic carbocycles. The minimum Gasteiger partial charge on any atom is -0.491 e. The van der Waals surface area contributed by atoms with Gasteiger partial charge in [0.1, 0.15) is 12.4 Å². The van der Waals surface area contributed by atoms with Crippen LogP contribution in [0.2, 0.25) is 0 Å². The first-order valence-corrected chi connectivity index (χ1v) is 11.1. The summed E-state index contributed by atoms with van der Waals surface area (Å²) in [5.41, 5.74) is 0. The summed E-state index contributed by atoms with van der Waals surface area (Å²) in [6.07, 6.45) is 4.41. The van der Waals surface area contributed by atoms with Gasteiger partial charge in [-0.15, -0.1) is 0 Å². The minimum absolute atomic E-state index is 0.342. The average molecular weight is 383 g/mol. The van der Waals surface area contributed by atoms with Gasteiger partial charge >= 0.3 is 0 Å². The Bertz CT molecular complexity index is 649. The third-order valence-corrected chi connectivity index (χ3v) is 7.16. The van der Waals surface area contributed by atoms with Crippen LogP contribution in [0.3, 0.4) is 0 Å². The van der Waals surface area contributed by atoms with Crippen LogP contribution in [-0.4, -0.2) is 69.7 Å². The van der Waals surface area contributed by atoms with Crippen LogP contribution in [0.4, 0.5) is 0 Å². The van der Waals surface area contributed by atoms with E-state index in [1.165, 1.54) is 25.9 Å². The Balaban J connectivity index is 1.54. The van der Waals surface area contributed by atoms with E-state index < -0.39 is 10.0 Å². The first-order chi connectivity index (χ1) is 12.6. The molecule has 0 spiro atoms. The fourth-order valence-corrected chi connectivity index (χ4v) is 5.24. The van der Waals surface area contributed by atoms with Crippen molar-refractivity contribution in [3.8, 4) is 5.75 Å². The fraction of sp³-hybridized carbons (Fsp3) is 0.684. The molecule has 0 atom stereocenters. The maximum Gasteiger partial charge on any atom is 0.243 e. The van der Waals surface area contributed by atoms with Crippen LogP contribution in [0.5, 0.6) is 5.75 Å². The highest BCUT2D eigenvalue weighted by Crippen LogP contribution is 2.26. The van der Waals surface area contributed by atoms with Gasteiger partial charge in [0.05, 0.1) is 11.5 Å². The summed E-state index contributed by atoms with van der Waals surface area (Å²) in [7, 11) is -3.42. The highest BCUT2D eigenvalue weighted by molar-refractivity contribution is 7.89. The number of hydrogen-bond donors (Lipinski definition) is 0. The SMILES string of the molecule is CCOCCOc1ccc(S(=O)(=O)N2CCC(N3CCCC3)CC2)cc1. The monoisotopic (exact) mass is 382 g/mol. The Morgan fingerprint density at radius 3 is 2.27 bits per heavy atom. The molecule has 0 saturated carbocycles. The molecule has 1 aromatic rings. The van der Waals surface area contributed by atoms with Crippen molar-refractivity contribution in [2.45, 2.75) is 43.5 Å². The molecule has 0 bridgehead atoms. The maximum atomic E-state index is 12.9. The Hall–Kier alpha value is -1.15. The smallest absolute Gasteiger partial charge is 0.243 e. The summed E-state index contributed by atoms with van der Waals surface area (Å²) in [5, 5.41) is 0. The van der Waals surface area contributed by atoms with Crippen LogP contribution in [0.15, 0.2) is 29.2 Å². The topological polar surface area (TPSA) is 59.1 Å². The van der Waals surface area contributed by atoms with Crippen molar-refractivity contribution in [1.29, 1.82) is 0 Å². The Morgan fingerprint density at radius 2 is 1.65 bits per heavy atom. The van der Waals surface area contributed by atoms with Gasteiger partial charge in [0, 0.05) is 25.7 Å². The first kappa shape index (κ1) is 19.6. The maximum absolute atomic E-state index is 12.9. The summed E-state index contributed by atoms with van der Waals surface area (Å²) in [5.74, 6) is 0.663. The van der Waals surface area contributed by atoms with E-state index in [9.17, 15) is 8.42 Å². The second-order valence-corrected chi connectivity index (χ2v) is 8.83. The molecule has 0 amide bonds. The predicted octanol–water partition coefficient (Wildman–Crippen LogP) is 2.35. The molecule has 2 aliphatic heterocycles. The summed E-state index contributed by atoms with van der Waals surface area (Å²) >= 11 is 0. The average Bonchev–Trinajstić information content (AvgIpc) is 3.21. The molecule has 2 heterocycles. The molecule has 0 N–H and O–H groups in total. The zero-order valence-corrected chi connectivity index (χ0v) is 16.4. The Morgan fingerprint density at radius 1 is 1.00 bits per heavy atom. The normalized spacial score (nSPS) is 20.5. The summed E-state index contributed by atoms with van der Waals surface area (Å²) in [6.45, 7) is 7.14. The number of likely N-dealkylation sites (tertiary alicyclic amines) is 1. The fourth-order valence-electron chi connectivity index (χ4n) is 3.77. The number of ether oxygens (including phenoxy) is 2. The largest absolute Gasteiger partial charge is 0.491 e. The van der Waals surface area contributed by atoms with Gasteiger partial charge in [-0.3, -0.25) is 0 Å². The standard InChI is InChI=1S/C19H30N2O4S/c1-2-24-15-16-25-18-5-7-19(8-6-18)26(22,23)21-13-9-17(10-14-21)20-11-3-4-12-20/h5-8,17H,2-4,9-16H2,1H3. The van der Waals surface area contributed by atoms with Crippen molar-refractivity contribution in [2.24, 2.45) is 0 Å². The van der Waals surface area contributed by atoms with Crippen molar-refractivity contribution in [2.75, 3.05) is 46.0 Å². The highest BCUT2D eigenvalue weighted by atomic mass is 32.2. The van der Waals surface area contributed by atoms with E-state index in [2.05, 4.69) is 4.90 Å². The Labute approximate surface area is 157 Å². The van der Waals surface area contributed by atoms with E-state index in [-0.39, 0.29) is 0 Å². The van der Waals surface area contributed by atoms with E-state index in [4.69, 9.17) is 9.47 Å². The molecule has 7 heteroatoms. The van der Waals surface area contributed by atoms with Crippen molar-refractivity contribution in [1.82, 2.24) is 9.21 Å². The van der Waals surface area contributed by atoms with Gasteiger partial charge in [0.2, 0.25) is 10.0 Å². The number of sulfonamides is 1. The molecular formula is C19H30N2O4S. The van der Waals surface area contributed by atoms with Crippen molar-refractivity contribution in [3.05, 3.63) is 24.3 Å². The lowest BCUT2D eigenvalue weighted by Crippen LogP contribution is -2.45. The number of benzene rings is 1. The molecule has 0 radical (unpaired) electrons. The highest BCUT2D eigenvalue weighted by Gasteiger charge is 2.32. The molecule has 2 fully saturated rings. The molecule has 1 aromatic carbocycles. The predicted molar refractivity (Wildman–Crippen MR) is 101 cm³/mol. The molecular weight excluding hydrogens is 352 g/mol. The second-order valence-electron chi connectivity index (χ2n) is 6.90. The number of rotatable bonds is 8. The first-order valence-electron chi connectivity index (χ1n) is 9.66. The second kappa shape index (κ2) is 9.17. The van der Waals surface area contributed by atoms with Gasteiger partial charge in [0.15, 0.2) is 0 Å². The summed E-state index contributed by atoms with van der Waals surface area (Å²) in [6, 6.07) is 7.26. The number of hydrogen-bond acceptors (Lipinski definition) is 5. The molecule has 6 nitrogen and oxygen atoms in total. The lowest BCUT2D eigenvalue weighted by Gasteiger charge is -2.36. The lowest BCUT2D eigenvalue weighted by atomic mass is 10.1. The third-order valence-electron chi connectivity index (χ3n) is 5.24. The molecule has 146 valence electrons. The van der Waals surface area contributed by atoms with Crippen LogP contribution in [0, 0.1) is 0 Å². The molecule has 26 heavy (non-hydrogen) atoms. The molecule has 2 saturated heterocycles. The van der Waals surface area contributed by atoms with Gasteiger partial charge < -0.3 is 14.4 Å². The van der Waals surface area contributed by atoms with Crippen molar-refractivity contribution >= 4 is 10.0 Å². The van der Waals surface area contributed by atoms with Gasteiger partial charge in [-0.05, 0) is 70.0 Å². The molecule has 3 rings (SSSR count). The summed E-state index contributed by atoms with van der Waals surface area (Å²) < 4.78 is 38.2. The van der Waals surface area contributed by atoms with Gasteiger partial charge in [0.25, 0.3) is 0 Å². The molecule has 2 aliphatic rings. The van der Waals surface area contributed by atoms with E-state index in [0.717, 1.165) is 12.8 Å². The van der Waals surface area contributed by atoms with Crippen LogP contribution >= 0.6 is 0 Å². The van der Waals surface area contributed by atoms with Crippen molar-refractivity contribution in [3.63, 3.8) is 0 Å². The zero-order chi connectivity index (χ0) is 18.4. The van der Waals surface area contributed by atoms with Crippen LogP contribution in [-0.2, 0) is 14.8 Å². The van der Waals surface area contributed by atoms with Gasteiger partial charge in [-0.2, -0.15) is 4.31 Å². The lowest BCUT2D eigenvalue weighted by molar-refractivity contribution is 0.110. The van der Waals surface area contributed by atoms with E-state index in [0.29, 0.717) is 49.6 Å². The minimum atomic E-state index is -3.42. The van der Waals surface area contributed by atoms with Crippen molar-refractivity contribution < 1.29 is 17.9 Å². The van der Waals surface area contributed by atoms with Gasteiger partial charge in [-0.25, -0.2) is 8.42 Å². The van der Waals surface area contributed by atoms with E-state index >= 15 is 0 Å². The molecule has 0 unspecified atom stereocenters. The Kier molecular flexibility index (Phi) is 6.92. The number of piperidine rings is 1. The van der Waals surface area contributed by atoms with E-state index in [1.807, 2.05) is 6.92 Å². The van der Waals surface area contributed by atoms with Crippen LogP contribution in [0.1, 0.15) is 32.6 Å². The zero-order valence-electron chi connectivity index (χ0n) is 15.6. The van der Waals surface area contributed by atoms with Crippen LogP contribution in [0.25, 0.3) is 0 Å². The van der Waals surface area contributed by atoms with Gasteiger partial charge in [-0.1, -0.05) is 0 Å². The van der Waals surface area contributed by atoms with E-state index in [1.54, 1.807) is 28.6 Å². The molecule has 0 aromatic heterocycles. The van der Waals surface area contributed by atoms with Crippen LogP contribution < -0.4 is 4.74 Å².